The van der Waals surface area contributed by atoms with Crippen LogP contribution in [-0.2, 0) is 10.2 Å². The van der Waals surface area contributed by atoms with Gasteiger partial charge in [0.05, 0.1) is 41.0 Å². The Hall–Kier alpha value is -8.11. The summed E-state index contributed by atoms with van der Waals surface area (Å²) in [7, 11) is 11.5. The molecule has 0 amide bonds. The molecule has 16 heteroatoms. The molecule has 0 radical (unpaired) electrons. The second-order valence-corrected chi connectivity index (χ2v) is 21.9. The summed E-state index contributed by atoms with van der Waals surface area (Å²) in [5.74, 6) is 4.59. The molecule has 0 atom stereocenters. The number of hydrogen-bond donors (Lipinski definition) is 1. The summed E-state index contributed by atoms with van der Waals surface area (Å²) >= 11 is 0. The number of rotatable bonds is 9. The zero-order valence-electron chi connectivity index (χ0n) is 52.9. The quantitative estimate of drug-likeness (QED) is 0.144. The topological polar surface area (TPSA) is 75.6 Å². The van der Waals surface area contributed by atoms with Gasteiger partial charge in [0, 0.05) is 14.2 Å². The van der Waals surface area contributed by atoms with Crippen LogP contribution in [0.1, 0.15) is 72.1 Å². The fraction of sp³-hybridized carbons (Fsp3) is 0.324. The summed E-state index contributed by atoms with van der Waals surface area (Å²) in [5.41, 5.74) is 4.95. The van der Waals surface area contributed by atoms with Gasteiger partial charge in [0.15, 0.2) is 5.41 Å². The van der Waals surface area contributed by atoms with E-state index in [1.54, 1.807) is 80.1 Å². The molecule has 0 unspecified atom stereocenters. The van der Waals surface area contributed by atoms with Crippen molar-refractivity contribution in [1.82, 2.24) is 0 Å². The van der Waals surface area contributed by atoms with Crippen LogP contribution >= 0.6 is 0 Å². The van der Waals surface area contributed by atoms with Gasteiger partial charge in [-0.05, 0) is 159 Å². The van der Waals surface area contributed by atoms with Crippen LogP contribution in [-0.4, -0.2) is 73.4 Å². The SMILES string of the molecule is CC(C)(C(F)(F)F)C(F)(F)F.CC(C)(C)C.CC(C)(c1ccccc1)C(F)(F)F.COC.COc1ccc(-c2ccc(-c3ccc(O)cc3)cc2)cc1.COc1ccc(-c2ccc(OC)cc2)cc1.COc1ccc(OC)cc1.Cc1ccc(C)cc1. The van der Waals surface area contributed by atoms with Crippen molar-refractivity contribution in [3.05, 3.63) is 217 Å². The van der Waals surface area contributed by atoms with E-state index >= 15 is 0 Å². The minimum atomic E-state index is -5.24. The lowest BCUT2D eigenvalue weighted by Gasteiger charge is -2.29. The molecule has 8 aromatic rings. The van der Waals surface area contributed by atoms with E-state index in [0.29, 0.717) is 11.0 Å². The molecule has 0 saturated heterocycles. The fourth-order valence-corrected chi connectivity index (χ4v) is 6.39. The van der Waals surface area contributed by atoms with E-state index in [4.69, 9.17) is 23.7 Å². The normalized spacial score (nSPS) is 11.0. The Morgan fingerprint density at radius 3 is 0.667 bits per heavy atom. The van der Waals surface area contributed by atoms with E-state index in [-0.39, 0.29) is 19.6 Å². The predicted octanol–water partition coefficient (Wildman–Crippen LogP) is 21.1. The average molecular weight is 1220 g/mol. The zero-order valence-corrected chi connectivity index (χ0v) is 52.9. The Morgan fingerprint density at radius 2 is 0.483 bits per heavy atom. The van der Waals surface area contributed by atoms with Crippen LogP contribution in [0.3, 0.4) is 0 Å². The van der Waals surface area contributed by atoms with Crippen molar-refractivity contribution in [2.24, 2.45) is 10.8 Å². The maximum absolute atomic E-state index is 12.5. The highest BCUT2D eigenvalue weighted by molar-refractivity contribution is 5.71. The number of methoxy groups -OCH3 is 6. The van der Waals surface area contributed by atoms with E-state index in [9.17, 15) is 44.6 Å². The van der Waals surface area contributed by atoms with Crippen molar-refractivity contribution in [1.29, 1.82) is 0 Å². The number of hydrogen-bond acceptors (Lipinski definition) is 7. The van der Waals surface area contributed by atoms with Crippen LogP contribution in [0.15, 0.2) is 200 Å². The van der Waals surface area contributed by atoms with Crippen molar-refractivity contribution in [2.45, 2.75) is 93.2 Å². The molecule has 0 aromatic heterocycles. The molecule has 474 valence electrons. The Kier molecular flexibility index (Phi) is 32.5. The number of alkyl halides is 9. The molecule has 0 bridgehead atoms. The Morgan fingerprint density at radius 1 is 0.287 bits per heavy atom. The van der Waals surface area contributed by atoms with Gasteiger partial charge in [-0.1, -0.05) is 166 Å². The van der Waals surface area contributed by atoms with Crippen LogP contribution in [0.25, 0.3) is 33.4 Å². The zero-order chi connectivity index (χ0) is 66.2. The molecule has 87 heavy (non-hydrogen) atoms. The third kappa shape index (κ3) is 28.8. The van der Waals surface area contributed by atoms with Crippen LogP contribution in [0.2, 0.25) is 0 Å². The van der Waals surface area contributed by atoms with E-state index in [1.165, 1.54) is 53.8 Å². The molecule has 0 spiro atoms. The molecular formula is C71H85F9O7. The molecule has 0 aliphatic heterocycles. The predicted molar refractivity (Wildman–Crippen MR) is 335 cm³/mol. The summed E-state index contributed by atoms with van der Waals surface area (Å²) < 4.78 is 137. The van der Waals surface area contributed by atoms with Crippen molar-refractivity contribution in [3.8, 4) is 67.9 Å². The van der Waals surface area contributed by atoms with E-state index in [2.05, 4.69) is 94.8 Å². The maximum atomic E-state index is 12.5. The fourth-order valence-electron chi connectivity index (χ4n) is 6.39. The summed E-state index contributed by atoms with van der Waals surface area (Å²) in [6.45, 7) is 15.5. The van der Waals surface area contributed by atoms with Crippen LogP contribution in [0, 0.1) is 24.7 Å². The van der Waals surface area contributed by atoms with Gasteiger partial charge in [-0.25, -0.2) is 0 Å². The maximum Gasteiger partial charge on any atom is 0.402 e. The largest absolute Gasteiger partial charge is 0.508 e. The first-order valence-electron chi connectivity index (χ1n) is 27.2. The molecular weight excluding hydrogens is 1140 g/mol. The highest BCUT2D eigenvalue weighted by Gasteiger charge is 2.64. The minimum absolute atomic E-state index is 0.104. The van der Waals surface area contributed by atoms with Crippen molar-refractivity contribution in [2.75, 3.05) is 49.8 Å². The van der Waals surface area contributed by atoms with Crippen LogP contribution in [0.4, 0.5) is 39.5 Å². The van der Waals surface area contributed by atoms with Crippen LogP contribution < -0.4 is 23.7 Å². The van der Waals surface area contributed by atoms with Crippen LogP contribution in [0.5, 0.6) is 34.5 Å². The molecule has 1 N–H and O–H groups in total. The standard InChI is InChI=1S/C19H16O2.C14H14O2.C10H11F3.C8H10O2.C8H10.C5H6F6.C5H12.C2H6O/c1-21-19-12-8-17(9-13-19)15-4-2-14(3-5-15)16-6-10-18(20)11-7-16;1-15-13-7-3-11(4-8-13)12-5-9-14(16-2)10-6-12;1-9(2,10(11,12)13)8-6-4-3-5-7-8;1-9-7-3-5-8(10-2)6-4-7;1-7-3-5-8(2)6-4-7;1-3(2,4(6,7)8)5(9,10)11;1-5(2,3)4;1-3-2/h2-13,20H,1H3;3-10H,1-2H3;3-7H,1-2H3;3-6H,1-2H3;3-6H,1-2H3;1-2H3;1-4H3;1-2H3. The monoisotopic (exact) mass is 1220 g/mol. The molecule has 0 aliphatic rings. The summed E-state index contributed by atoms with van der Waals surface area (Å²) in [5, 5.41) is 9.33. The summed E-state index contributed by atoms with van der Waals surface area (Å²) in [6, 6.07) is 63.5. The molecule has 0 heterocycles. The number of ether oxygens (including phenoxy) is 6. The Labute approximate surface area is 509 Å². The number of phenols is 1. The molecule has 7 nitrogen and oxygen atoms in total. The second kappa shape index (κ2) is 36.8. The number of aromatic hydroxyl groups is 1. The molecule has 8 aromatic carbocycles. The molecule has 8 rings (SSSR count). The van der Waals surface area contributed by atoms with Crippen molar-refractivity contribution < 1.29 is 73.0 Å². The van der Waals surface area contributed by atoms with Gasteiger partial charge >= 0.3 is 18.5 Å². The van der Waals surface area contributed by atoms with Gasteiger partial charge < -0.3 is 33.5 Å². The Balaban J connectivity index is 0.000000522. The number of phenolic OH excluding ortho intramolecular Hbond substituents is 1. The van der Waals surface area contributed by atoms with Gasteiger partial charge in [0.1, 0.15) is 34.5 Å². The lowest BCUT2D eigenvalue weighted by atomic mass is 9.84. The molecule has 0 aliphatic carbocycles. The number of halogens is 9. The Bertz CT molecular complexity index is 2950. The van der Waals surface area contributed by atoms with Crippen molar-refractivity contribution >= 4 is 0 Å². The summed E-state index contributed by atoms with van der Waals surface area (Å²) in [4.78, 5) is 0. The first-order valence-corrected chi connectivity index (χ1v) is 27.2. The van der Waals surface area contributed by atoms with E-state index < -0.39 is 29.4 Å². The average Bonchev–Trinajstić information content (AvgIpc) is 1.73. The second-order valence-electron chi connectivity index (χ2n) is 21.9. The van der Waals surface area contributed by atoms with Gasteiger partial charge in [-0.15, -0.1) is 0 Å². The highest BCUT2D eigenvalue weighted by Crippen LogP contribution is 2.49. The van der Waals surface area contributed by atoms with Gasteiger partial charge in [-0.2, -0.15) is 39.5 Å². The first kappa shape index (κ1) is 76.9. The minimum Gasteiger partial charge on any atom is -0.508 e. The smallest absolute Gasteiger partial charge is 0.402 e. The molecule has 0 saturated carbocycles. The van der Waals surface area contributed by atoms with Gasteiger partial charge in [0.2, 0.25) is 0 Å². The lowest BCUT2D eigenvalue weighted by Crippen LogP contribution is -2.44. The van der Waals surface area contributed by atoms with Gasteiger partial charge in [-0.3, -0.25) is 0 Å². The van der Waals surface area contributed by atoms with Gasteiger partial charge in [0.25, 0.3) is 0 Å². The molecule has 0 fully saturated rings. The lowest BCUT2D eigenvalue weighted by molar-refractivity contribution is -0.327. The van der Waals surface area contributed by atoms with E-state index in [1.807, 2.05) is 109 Å². The highest BCUT2D eigenvalue weighted by atomic mass is 19.4. The number of benzene rings is 8. The van der Waals surface area contributed by atoms with Crippen molar-refractivity contribution in [3.63, 3.8) is 0 Å². The van der Waals surface area contributed by atoms with E-state index in [0.717, 1.165) is 45.4 Å². The third-order valence-corrected chi connectivity index (χ3v) is 12.2. The third-order valence-electron chi connectivity index (χ3n) is 12.2. The number of aryl methyl sites for hydroxylation is 2. The summed E-state index contributed by atoms with van der Waals surface area (Å²) in [6.07, 6.45) is -14.7. The first-order chi connectivity index (χ1) is 40.5.